The first-order valence-corrected chi connectivity index (χ1v) is 5.22. The van der Waals surface area contributed by atoms with Crippen LogP contribution in [0.5, 0.6) is 5.75 Å². The van der Waals surface area contributed by atoms with E-state index in [2.05, 4.69) is 9.72 Å². The lowest BCUT2D eigenvalue weighted by atomic mass is 10.0. The van der Waals surface area contributed by atoms with Crippen LogP contribution in [-0.4, -0.2) is 25.2 Å². The zero-order valence-corrected chi connectivity index (χ0v) is 9.77. The zero-order chi connectivity index (χ0) is 12.3. The smallest absolute Gasteiger partial charge is 0.310 e. The molecule has 0 aliphatic rings. The van der Waals surface area contributed by atoms with Gasteiger partial charge in [0.15, 0.2) is 0 Å². The number of carbonyl (C=O) groups excluding carboxylic acids is 1. The van der Waals surface area contributed by atoms with Crippen LogP contribution >= 0.6 is 0 Å². The summed E-state index contributed by atoms with van der Waals surface area (Å²) in [4.78, 5) is 15.4. The van der Waals surface area contributed by atoms with Crippen LogP contribution in [0.2, 0.25) is 0 Å². The fraction of sp³-hybridized carbons (Fsp3) is 0.231. The molecule has 0 radical (unpaired) electrons. The fourth-order valence-electron chi connectivity index (χ4n) is 1.78. The topological polar surface area (TPSA) is 48.4 Å². The van der Waals surface area contributed by atoms with Crippen molar-refractivity contribution in [1.29, 1.82) is 0 Å². The molecule has 0 saturated heterocycles. The summed E-state index contributed by atoms with van der Waals surface area (Å²) in [7, 11) is 3.00. The van der Waals surface area contributed by atoms with Crippen molar-refractivity contribution in [3.05, 3.63) is 36.2 Å². The van der Waals surface area contributed by atoms with E-state index in [-0.39, 0.29) is 12.4 Å². The number of rotatable bonds is 3. The maximum atomic E-state index is 11.3. The molecule has 0 amide bonds. The molecule has 88 valence electrons. The molecule has 0 fully saturated rings. The average Bonchev–Trinajstić information content (AvgIpc) is 2.39. The van der Waals surface area contributed by atoms with Gasteiger partial charge in [0.2, 0.25) is 0 Å². The van der Waals surface area contributed by atoms with Gasteiger partial charge in [-0.25, -0.2) is 0 Å². The van der Waals surface area contributed by atoms with Crippen molar-refractivity contribution in [2.24, 2.45) is 0 Å². The molecule has 17 heavy (non-hydrogen) atoms. The number of fused-ring (bicyclic) bond motifs is 1. The van der Waals surface area contributed by atoms with Gasteiger partial charge in [0.25, 0.3) is 0 Å². The Morgan fingerprint density at radius 2 is 2.06 bits per heavy atom. The summed E-state index contributed by atoms with van der Waals surface area (Å²) in [6.07, 6.45) is 3.67. The maximum absolute atomic E-state index is 11.3. The molecule has 4 heteroatoms. The van der Waals surface area contributed by atoms with Gasteiger partial charge in [-0.05, 0) is 17.7 Å². The van der Waals surface area contributed by atoms with Gasteiger partial charge in [-0.1, -0.05) is 6.07 Å². The van der Waals surface area contributed by atoms with Gasteiger partial charge in [-0.15, -0.1) is 0 Å². The average molecular weight is 231 g/mol. The molecule has 0 saturated carbocycles. The van der Waals surface area contributed by atoms with Gasteiger partial charge < -0.3 is 9.47 Å². The molecular formula is C13H13NO3. The summed E-state index contributed by atoms with van der Waals surface area (Å²) < 4.78 is 9.94. The number of pyridine rings is 1. The van der Waals surface area contributed by atoms with Crippen LogP contribution in [0.3, 0.4) is 0 Å². The first kappa shape index (κ1) is 11.4. The van der Waals surface area contributed by atoms with Crippen LogP contribution in [0.1, 0.15) is 5.56 Å². The molecule has 1 aromatic carbocycles. The van der Waals surface area contributed by atoms with Gasteiger partial charge in [0.1, 0.15) is 5.75 Å². The number of benzene rings is 1. The summed E-state index contributed by atoms with van der Waals surface area (Å²) >= 11 is 0. The van der Waals surface area contributed by atoms with Crippen molar-refractivity contribution in [2.75, 3.05) is 14.2 Å². The van der Waals surface area contributed by atoms with E-state index in [0.717, 1.165) is 22.1 Å². The highest BCUT2D eigenvalue weighted by Crippen LogP contribution is 2.27. The van der Waals surface area contributed by atoms with Gasteiger partial charge in [-0.2, -0.15) is 0 Å². The summed E-state index contributed by atoms with van der Waals surface area (Å²) in [6, 6.07) is 5.58. The van der Waals surface area contributed by atoms with Gasteiger partial charge in [0.05, 0.1) is 20.6 Å². The number of carbonyl (C=O) groups is 1. The molecule has 2 rings (SSSR count). The summed E-state index contributed by atoms with van der Waals surface area (Å²) in [6.45, 7) is 0. The van der Waals surface area contributed by atoms with Crippen molar-refractivity contribution in [3.8, 4) is 5.75 Å². The highest BCUT2D eigenvalue weighted by Gasteiger charge is 2.09. The Bertz CT molecular complexity index is 551. The molecule has 2 aromatic rings. The number of aromatic nitrogens is 1. The molecule has 0 aliphatic carbocycles. The Kier molecular flexibility index (Phi) is 3.23. The van der Waals surface area contributed by atoms with Crippen molar-refractivity contribution in [1.82, 2.24) is 4.98 Å². The second-order valence-electron chi connectivity index (χ2n) is 3.60. The van der Waals surface area contributed by atoms with Crippen LogP contribution in [-0.2, 0) is 16.0 Å². The number of hydrogen-bond acceptors (Lipinski definition) is 4. The van der Waals surface area contributed by atoms with Crippen LogP contribution < -0.4 is 4.74 Å². The molecule has 0 unspecified atom stereocenters. The predicted molar refractivity (Wildman–Crippen MR) is 64.0 cm³/mol. The van der Waals surface area contributed by atoms with E-state index in [0.29, 0.717) is 0 Å². The lowest BCUT2D eigenvalue weighted by Crippen LogP contribution is -2.05. The molecule has 0 aliphatic heterocycles. The standard InChI is InChI=1S/C13H13NO3/c1-16-12-4-3-9(7-13(15)17-2)11-8-14-6-5-10(11)12/h3-6,8H,7H2,1-2H3. The van der Waals surface area contributed by atoms with Crippen molar-refractivity contribution in [3.63, 3.8) is 0 Å². The van der Waals surface area contributed by atoms with E-state index in [1.165, 1.54) is 7.11 Å². The minimum absolute atomic E-state index is 0.239. The Morgan fingerprint density at radius 3 is 2.76 bits per heavy atom. The minimum Gasteiger partial charge on any atom is -0.496 e. The summed E-state index contributed by atoms with van der Waals surface area (Å²) in [5.41, 5.74) is 0.890. The highest BCUT2D eigenvalue weighted by molar-refractivity contribution is 5.92. The molecule has 1 aromatic heterocycles. The Balaban J connectivity index is 2.54. The highest BCUT2D eigenvalue weighted by atomic mass is 16.5. The van der Waals surface area contributed by atoms with Crippen LogP contribution in [0, 0.1) is 0 Å². The quantitative estimate of drug-likeness (QED) is 0.758. The molecular weight excluding hydrogens is 218 g/mol. The first-order valence-electron chi connectivity index (χ1n) is 5.22. The predicted octanol–water partition coefficient (Wildman–Crippen LogP) is 1.96. The van der Waals surface area contributed by atoms with Crippen LogP contribution in [0.4, 0.5) is 0 Å². The van der Waals surface area contributed by atoms with E-state index in [1.54, 1.807) is 19.5 Å². The molecule has 0 bridgehead atoms. The van der Waals surface area contributed by atoms with E-state index < -0.39 is 0 Å². The molecule has 4 nitrogen and oxygen atoms in total. The lowest BCUT2D eigenvalue weighted by Gasteiger charge is -2.09. The molecule has 0 atom stereocenters. The fourth-order valence-corrected chi connectivity index (χ4v) is 1.78. The third-order valence-corrected chi connectivity index (χ3v) is 2.65. The van der Waals surface area contributed by atoms with Crippen molar-refractivity contribution < 1.29 is 14.3 Å². The van der Waals surface area contributed by atoms with Crippen LogP contribution in [0.15, 0.2) is 30.6 Å². The van der Waals surface area contributed by atoms with Crippen molar-refractivity contribution >= 4 is 16.7 Å². The number of hydrogen-bond donors (Lipinski definition) is 0. The van der Waals surface area contributed by atoms with Crippen molar-refractivity contribution in [2.45, 2.75) is 6.42 Å². The van der Waals surface area contributed by atoms with Gasteiger partial charge >= 0.3 is 5.97 Å². The largest absolute Gasteiger partial charge is 0.496 e. The maximum Gasteiger partial charge on any atom is 0.310 e. The van der Waals surface area contributed by atoms with Crippen LogP contribution in [0.25, 0.3) is 10.8 Å². The number of nitrogens with zero attached hydrogens (tertiary/aromatic N) is 1. The normalized spacial score (nSPS) is 10.2. The lowest BCUT2D eigenvalue weighted by molar-refractivity contribution is -0.139. The Morgan fingerprint density at radius 1 is 1.24 bits per heavy atom. The number of ether oxygens (including phenoxy) is 2. The third-order valence-electron chi connectivity index (χ3n) is 2.65. The zero-order valence-electron chi connectivity index (χ0n) is 9.77. The van der Waals surface area contributed by atoms with E-state index in [1.807, 2.05) is 18.2 Å². The Labute approximate surface area is 99.2 Å². The summed E-state index contributed by atoms with van der Waals surface area (Å²) in [5.74, 6) is 0.510. The monoisotopic (exact) mass is 231 g/mol. The SMILES string of the molecule is COC(=O)Cc1ccc(OC)c2ccncc12. The first-order chi connectivity index (χ1) is 8.26. The van der Waals surface area contributed by atoms with E-state index >= 15 is 0 Å². The second-order valence-corrected chi connectivity index (χ2v) is 3.60. The van der Waals surface area contributed by atoms with Gasteiger partial charge in [-0.3, -0.25) is 9.78 Å². The number of methoxy groups -OCH3 is 2. The molecule has 1 heterocycles. The van der Waals surface area contributed by atoms with E-state index in [4.69, 9.17) is 4.74 Å². The number of esters is 1. The summed E-state index contributed by atoms with van der Waals surface area (Å²) in [5, 5.41) is 1.86. The minimum atomic E-state index is -0.264. The second kappa shape index (κ2) is 4.82. The van der Waals surface area contributed by atoms with E-state index in [9.17, 15) is 4.79 Å². The Hall–Kier alpha value is -2.10. The molecule has 0 spiro atoms. The molecule has 0 N–H and O–H groups in total. The van der Waals surface area contributed by atoms with Gasteiger partial charge in [0, 0.05) is 23.2 Å². The third kappa shape index (κ3) is 2.20.